The van der Waals surface area contributed by atoms with E-state index in [4.69, 9.17) is 0 Å². The van der Waals surface area contributed by atoms with Crippen molar-refractivity contribution < 1.29 is 110 Å². The zero-order valence-electron chi connectivity index (χ0n) is 16.0. The van der Waals surface area contributed by atoms with Gasteiger partial charge in [-0.3, -0.25) is 0 Å². The smallest absolute Gasteiger partial charge is 0.199 e. The lowest BCUT2D eigenvalue weighted by atomic mass is 9.84. The van der Waals surface area contributed by atoms with Crippen molar-refractivity contribution in [2.75, 3.05) is 0 Å². The number of rotatable bonds is 10. The highest BCUT2D eigenvalue weighted by molar-refractivity contribution is 5.19. The Hall–Kier alpha value is -1.75. The molecule has 0 aromatic rings. The molecule has 0 amide bonds. The molecule has 0 atom stereocenters. The standard InChI is InChI=1S/C13HF25/c1-2(14,15)3(16,17)4(18,19)5(20,21)6(22,23)7(24,25)8(26,27)9(28,29)10(30,31)11(32,33)12(34,35)13(36,37)38/h1H. The first-order valence-electron chi connectivity index (χ1n) is 7.76. The van der Waals surface area contributed by atoms with Gasteiger partial charge in [0.15, 0.2) is 0 Å². The second kappa shape index (κ2) is 8.38. The van der Waals surface area contributed by atoms with Crippen LogP contribution in [0.3, 0.4) is 0 Å². The minimum atomic E-state index is -9.59. The van der Waals surface area contributed by atoms with Crippen LogP contribution in [0.4, 0.5) is 110 Å². The second-order valence-electron chi connectivity index (χ2n) is 6.86. The molecule has 0 nitrogen and oxygen atoms in total. The molecule has 38 heavy (non-hydrogen) atoms. The summed E-state index contributed by atoms with van der Waals surface area (Å²) in [5, 5.41) is 0. The number of hydrogen-bond donors (Lipinski definition) is 0. The van der Waals surface area contributed by atoms with Gasteiger partial charge < -0.3 is 0 Å². The van der Waals surface area contributed by atoms with E-state index < -0.39 is 71.3 Å². The van der Waals surface area contributed by atoms with Gasteiger partial charge in [-0.2, -0.15) is 110 Å². The Morgan fingerprint density at radius 3 is 0.474 bits per heavy atom. The van der Waals surface area contributed by atoms with E-state index >= 15 is 0 Å². The Morgan fingerprint density at radius 2 is 0.342 bits per heavy atom. The minimum absolute atomic E-state index is 2.94. The van der Waals surface area contributed by atoms with Crippen molar-refractivity contribution in [1.82, 2.24) is 0 Å². The topological polar surface area (TPSA) is 0 Å². The number of hydrogen-bond acceptors (Lipinski definition) is 0. The fourth-order valence-corrected chi connectivity index (χ4v) is 1.96. The summed E-state index contributed by atoms with van der Waals surface area (Å²) in [4.78, 5) is 0. The van der Waals surface area contributed by atoms with Gasteiger partial charge in [-0.25, -0.2) is 0 Å². The molecular weight excluding hydrogens is 631 g/mol. The van der Waals surface area contributed by atoms with Crippen LogP contribution in [0.2, 0.25) is 0 Å². The van der Waals surface area contributed by atoms with Crippen LogP contribution in [0.15, 0.2) is 0 Å². The summed E-state index contributed by atoms with van der Waals surface area (Å²) in [7, 11) is 0. The summed E-state index contributed by atoms with van der Waals surface area (Å²) in [6.45, 7) is 2.94. The quantitative estimate of drug-likeness (QED) is 0.213. The van der Waals surface area contributed by atoms with Crippen LogP contribution in [0.1, 0.15) is 0 Å². The van der Waals surface area contributed by atoms with Crippen molar-refractivity contribution in [2.24, 2.45) is 0 Å². The van der Waals surface area contributed by atoms with Gasteiger partial charge in [0, 0.05) is 6.92 Å². The average Bonchev–Trinajstić information content (AvgIpc) is 2.64. The van der Waals surface area contributed by atoms with Crippen LogP contribution in [0.25, 0.3) is 0 Å². The molecule has 25 heteroatoms. The van der Waals surface area contributed by atoms with E-state index in [1.165, 1.54) is 0 Å². The molecule has 0 unspecified atom stereocenters. The van der Waals surface area contributed by atoms with E-state index in [1.807, 2.05) is 0 Å². The fourth-order valence-electron chi connectivity index (χ4n) is 1.96. The summed E-state index contributed by atoms with van der Waals surface area (Å²) in [5.41, 5.74) is 0. The Morgan fingerprint density at radius 1 is 0.211 bits per heavy atom. The lowest BCUT2D eigenvalue weighted by molar-refractivity contribution is -0.481. The highest BCUT2D eigenvalue weighted by Gasteiger charge is 2.99. The minimum Gasteiger partial charge on any atom is -0.199 e. The highest BCUT2D eigenvalue weighted by Crippen LogP contribution is 2.67. The normalized spacial score (nSPS) is 17.2. The first-order chi connectivity index (χ1) is 15.8. The van der Waals surface area contributed by atoms with Gasteiger partial charge in [-0.05, 0) is 0 Å². The molecule has 0 aliphatic carbocycles. The zero-order chi connectivity index (χ0) is 32.0. The summed E-state index contributed by atoms with van der Waals surface area (Å²) < 4.78 is 323. The molecule has 0 N–H and O–H groups in total. The third kappa shape index (κ3) is 4.00. The SMILES string of the molecule is [CH]C(F)(F)C(F)(F)C(F)(F)C(F)(F)C(F)(F)C(F)(F)C(F)(F)C(F)(F)C(F)(F)C(F)(F)C(F)(F)C(F)(F)F. The molecule has 0 rings (SSSR count). The van der Waals surface area contributed by atoms with E-state index in [-0.39, 0.29) is 0 Å². The molecule has 0 saturated carbocycles. The van der Waals surface area contributed by atoms with Crippen molar-refractivity contribution in [3.63, 3.8) is 0 Å². The van der Waals surface area contributed by atoms with Crippen LogP contribution in [-0.2, 0) is 0 Å². The lowest BCUT2D eigenvalue weighted by Crippen LogP contribution is -2.78. The van der Waals surface area contributed by atoms with E-state index in [2.05, 4.69) is 6.92 Å². The maximum absolute atomic E-state index is 13.4. The molecule has 0 aliphatic heterocycles. The molecule has 0 fully saturated rings. The first kappa shape index (κ1) is 36.2. The van der Waals surface area contributed by atoms with Gasteiger partial charge >= 0.3 is 71.3 Å². The van der Waals surface area contributed by atoms with Crippen LogP contribution in [0.5, 0.6) is 0 Å². The van der Waals surface area contributed by atoms with Crippen LogP contribution < -0.4 is 0 Å². The molecule has 0 spiro atoms. The second-order valence-corrected chi connectivity index (χ2v) is 6.86. The van der Waals surface area contributed by atoms with Crippen molar-refractivity contribution in [1.29, 1.82) is 0 Å². The monoisotopic (exact) mass is 632 g/mol. The van der Waals surface area contributed by atoms with Gasteiger partial charge in [0.25, 0.3) is 0 Å². The Bertz CT molecular complexity index is 793. The number of halogens is 25. The third-order valence-electron chi connectivity index (χ3n) is 4.32. The van der Waals surface area contributed by atoms with Crippen molar-refractivity contribution in [3.05, 3.63) is 6.92 Å². The van der Waals surface area contributed by atoms with Crippen molar-refractivity contribution >= 4 is 0 Å². The van der Waals surface area contributed by atoms with E-state index in [0.717, 1.165) is 0 Å². The molecule has 0 aliphatic rings. The summed E-state index contributed by atoms with van der Waals surface area (Å²) in [6, 6.07) is 0. The zero-order valence-corrected chi connectivity index (χ0v) is 16.0. The van der Waals surface area contributed by atoms with E-state index in [9.17, 15) is 110 Å². The fraction of sp³-hybridized carbons (Fsp3) is 0.923. The van der Waals surface area contributed by atoms with Gasteiger partial charge in [0.05, 0.1) is 0 Å². The molecule has 2 radical (unpaired) electrons. The van der Waals surface area contributed by atoms with Crippen LogP contribution in [-0.4, -0.2) is 71.3 Å². The lowest BCUT2D eigenvalue weighted by Gasteiger charge is -2.45. The summed E-state index contributed by atoms with van der Waals surface area (Å²) >= 11 is 0. The molecule has 0 bridgehead atoms. The first-order valence-corrected chi connectivity index (χ1v) is 7.76. The molecule has 0 aromatic carbocycles. The summed E-state index contributed by atoms with van der Waals surface area (Å²) in [6.07, 6.45) is -8.16. The van der Waals surface area contributed by atoms with Gasteiger partial charge in [-0.1, -0.05) is 0 Å². The van der Waals surface area contributed by atoms with Gasteiger partial charge in [0.2, 0.25) is 0 Å². The van der Waals surface area contributed by atoms with Crippen molar-refractivity contribution in [3.8, 4) is 0 Å². The number of alkyl halides is 25. The highest BCUT2D eigenvalue weighted by atomic mass is 19.4. The largest absolute Gasteiger partial charge is 0.460 e. The van der Waals surface area contributed by atoms with Crippen molar-refractivity contribution in [2.45, 2.75) is 71.3 Å². The predicted molar refractivity (Wildman–Crippen MR) is 64.8 cm³/mol. The average molecular weight is 632 g/mol. The van der Waals surface area contributed by atoms with Crippen LogP contribution in [0, 0.1) is 6.92 Å². The maximum atomic E-state index is 13.4. The van der Waals surface area contributed by atoms with Gasteiger partial charge in [-0.15, -0.1) is 0 Å². The third-order valence-corrected chi connectivity index (χ3v) is 4.32. The van der Waals surface area contributed by atoms with E-state index in [0.29, 0.717) is 0 Å². The van der Waals surface area contributed by atoms with Crippen LogP contribution >= 0.6 is 0 Å². The molecule has 0 saturated heterocycles. The summed E-state index contributed by atoms with van der Waals surface area (Å²) in [5.74, 6) is -98.7. The van der Waals surface area contributed by atoms with Gasteiger partial charge in [0.1, 0.15) is 0 Å². The molecule has 0 heterocycles. The molecule has 0 aromatic heterocycles. The Kier molecular flexibility index (Phi) is 7.99. The van der Waals surface area contributed by atoms with E-state index in [1.54, 1.807) is 0 Å². The molecular formula is C13HF25. The Balaban J connectivity index is 7.29. The Labute approximate surface area is 189 Å². The predicted octanol–water partition coefficient (Wildman–Crippen LogP) is 8.25. The maximum Gasteiger partial charge on any atom is 0.460 e. The molecule has 228 valence electrons.